The van der Waals surface area contributed by atoms with E-state index in [0.29, 0.717) is 12.0 Å². The van der Waals surface area contributed by atoms with Gasteiger partial charge in [0.2, 0.25) is 0 Å². The van der Waals surface area contributed by atoms with Crippen LogP contribution in [-0.4, -0.2) is 75.7 Å². The maximum absolute atomic E-state index is 5.47. The topological polar surface area (TPSA) is 52.1 Å². The van der Waals surface area contributed by atoms with Crippen molar-refractivity contribution in [3.8, 4) is 5.75 Å². The van der Waals surface area contributed by atoms with Crippen LogP contribution in [0.1, 0.15) is 51.1 Å². The molecule has 6 nitrogen and oxygen atoms in total. The van der Waals surface area contributed by atoms with Gasteiger partial charge >= 0.3 is 0 Å². The van der Waals surface area contributed by atoms with Crippen LogP contribution >= 0.6 is 0 Å². The first-order valence-electron chi connectivity index (χ1n) is 12.1. The summed E-state index contributed by atoms with van der Waals surface area (Å²) < 4.78 is 5.47. The van der Waals surface area contributed by atoms with E-state index in [-0.39, 0.29) is 0 Å². The summed E-state index contributed by atoms with van der Waals surface area (Å²) in [6, 6.07) is 8.83. The molecule has 0 aromatic heterocycles. The van der Waals surface area contributed by atoms with Crippen molar-refractivity contribution in [2.75, 3.05) is 60.0 Å². The normalized spacial score (nSPS) is 22.0. The van der Waals surface area contributed by atoms with Crippen molar-refractivity contribution in [1.82, 2.24) is 20.4 Å². The molecule has 0 amide bonds. The number of guanidine groups is 1. The van der Waals surface area contributed by atoms with E-state index in [9.17, 15) is 0 Å². The Morgan fingerprint density at radius 1 is 1.16 bits per heavy atom. The third-order valence-electron chi connectivity index (χ3n) is 6.53. The van der Waals surface area contributed by atoms with E-state index in [0.717, 1.165) is 43.8 Å². The van der Waals surface area contributed by atoms with Gasteiger partial charge in [-0.3, -0.25) is 9.89 Å². The Kier molecular flexibility index (Phi) is 9.47. The summed E-state index contributed by atoms with van der Waals surface area (Å²) in [4.78, 5) is 9.71. The Balaban J connectivity index is 1.54. The minimum atomic E-state index is 0.326. The maximum Gasteiger partial charge on any atom is 0.191 e. The lowest BCUT2D eigenvalue weighted by Gasteiger charge is -2.34. The van der Waals surface area contributed by atoms with Crippen LogP contribution in [0.15, 0.2) is 29.3 Å². The molecule has 2 heterocycles. The smallest absolute Gasteiger partial charge is 0.191 e. The van der Waals surface area contributed by atoms with Crippen LogP contribution in [0.5, 0.6) is 5.75 Å². The molecule has 2 N–H and O–H groups in total. The second-order valence-electron chi connectivity index (χ2n) is 9.53. The van der Waals surface area contributed by atoms with Gasteiger partial charge in [-0.25, -0.2) is 0 Å². The first-order chi connectivity index (χ1) is 15.1. The zero-order valence-corrected chi connectivity index (χ0v) is 20.1. The lowest BCUT2D eigenvalue weighted by atomic mass is 9.97. The van der Waals surface area contributed by atoms with E-state index in [1.165, 1.54) is 50.9 Å². The highest BCUT2D eigenvalue weighted by molar-refractivity contribution is 5.79. The predicted molar refractivity (Wildman–Crippen MR) is 130 cm³/mol. The molecular weight excluding hydrogens is 386 g/mol. The number of aliphatic imine (C=N–C) groups is 1. The molecule has 0 spiro atoms. The summed E-state index contributed by atoms with van der Waals surface area (Å²) in [6.07, 6.45) is 5.17. The number of methoxy groups -OCH3 is 1. The molecule has 2 aliphatic heterocycles. The summed E-state index contributed by atoms with van der Waals surface area (Å²) in [5, 5.41) is 7.21. The predicted octanol–water partition coefficient (Wildman–Crippen LogP) is 3.37. The fourth-order valence-corrected chi connectivity index (χ4v) is 5.01. The standard InChI is InChI=1S/C25H43N5O/c1-20(2)18-29-12-8-9-21(19-29)16-27-25(26-3)28-17-24(30-13-5-6-14-30)22-10-7-11-23(15-22)31-4/h7,10-11,15,20-21,24H,5-6,8-9,12-14,16-19H2,1-4H3,(H2,26,27,28). The molecule has 1 aromatic rings. The van der Waals surface area contributed by atoms with E-state index in [1.807, 2.05) is 13.1 Å². The molecule has 2 unspecified atom stereocenters. The van der Waals surface area contributed by atoms with Gasteiger partial charge in [-0.05, 0) is 74.8 Å². The average molecular weight is 430 g/mol. The fraction of sp³-hybridized carbons (Fsp3) is 0.720. The van der Waals surface area contributed by atoms with Gasteiger partial charge in [0.05, 0.1) is 13.2 Å². The van der Waals surface area contributed by atoms with Crippen LogP contribution in [0.4, 0.5) is 0 Å². The van der Waals surface area contributed by atoms with Gasteiger partial charge in [0.25, 0.3) is 0 Å². The Morgan fingerprint density at radius 3 is 2.68 bits per heavy atom. The Morgan fingerprint density at radius 2 is 1.97 bits per heavy atom. The van der Waals surface area contributed by atoms with Crippen molar-refractivity contribution in [3.63, 3.8) is 0 Å². The van der Waals surface area contributed by atoms with E-state index in [1.54, 1.807) is 7.11 Å². The number of rotatable bonds is 9. The second-order valence-corrected chi connectivity index (χ2v) is 9.53. The molecule has 3 rings (SSSR count). The third kappa shape index (κ3) is 7.39. The molecule has 174 valence electrons. The van der Waals surface area contributed by atoms with Crippen LogP contribution in [0, 0.1) is 11.8 Å². The van der Waals surface area contributed by atoms with Crippen molar-refractivity contribution >= 4 is 5.96 Å². The Labute approximate surface area is 189 Å². The zero-order chi connectivity index (χ0) is 22.1. The van der Waals surface area contributed by atoms with Gasteiger partial charge in [0.1, 0.15) is 5.75 Å². The van der Waals surface area contributed by atoms with E-state index < -0.39 is 0 Å². The molecule has 0 radical (unpaired) electrons. The van der Waals surface area contributed by atoms with Crippen LogP contribution in [0.3, 0.4) is 0 Å². The summed E-state index contributed by atoms with van der Waals surface area (Å²) in [5.74, 6) is 3.26. The van der Waals surface area contributed by atoms with Crippen molar-refractivity contribution in [2.45, 2.75) is 45.6 Å². The molecule has 0 saturated carbocycles. The largest absolute Gasteiger partial charge is 0.497 e. The minimum absolute atomic E-state index is 0.326. The van der Waals surface area contributed by atoms with Gasteiger partial charge in [0.15, 0.2) is 5.96 Å². The summed E-state index contributed by atoms with van der Waals surface area (Å²) >= 11 is 0. The number of likely N-dealkylation sites (tertiary alicyclic amines) is 2. The van der Waals surface area contributed by atoms with Crippen molar-refractivity contribution in [1.29, 1.82) is 0 Å². The van der Waals surface area contributed by atoms with E-state index in [4.69, 9.17) is 4.74 Å². The van der Waals surface area contributed by atoms with Gasteiger partial charge in [-0.15, -0.1) is 0 Å². The van der Waals surface area contributed by atoms with E-state index >= 15 is 0 Å². The van der Waals surface area contributed by atoms with Gasteiger partial charge < -0.3 is 20.3 Å². The lowest BCUT2D eigenvalue weighted by molar-refractivity contribution is 0.159. The molecule has 2 fully saturated rings. The fourth-order valence-electron chi connectivity index (χ4n) is 5.01. The number of nitrogens with one attached hydrogen (secondary N) is 2. The molecule has 2 aliphatic rings. The molecule has 31 heavy (non-hydrogen) atoms. The van der Waals surface area contributed by atoms with Crippen molar-refractivity contribution < 1.29 is 4.74 Å². The average Bonchev–Trinajstić information content (AvgIpc) is 3.30. The van der Waals surface area contributed by atoms with Crippen LogP contribution in [-0.2, 0) is 0 Å². The monoisotopic (exact) mass is 429 g/mol. The maximum atomic E-state index is 5.47. The molecular formula is C25H43N5O. The van der Waals surface area contributed by atoms with Crippen molar-refractivity contribution in [3.05, 3.63) is 29.8 Å². The molecule has 6 heteroatoms. The lowest BCUT2D eigenvalue weighted by Crippen LogP contribution is -2.46. The van der Waals surface area contributed by atoms with E-state index in [2.05, 4.69) is 57.5 Å². The molecule has 2 saturated heterocycles. The summed E-state index contributed by atoms with van der Waals surface area (Å²) in [6.45, 7) is 12.4. The number of benzene rings is 1. The quantitative estimate of drug-likeness (QED) is 0.466. The van der Waals surface area contributed by atoms with Gasteiger partial charge in [-0.2, -0.15) is 0 Å². The first-order valence-corrected chi connectivity index (χ1v) is 12.1. The highest BCUT2D eigenvalue weighted by atomic mass is 16.5. The number of ether oxygens (including phenoxy) is 1. The van der Waals surface area contributed by atoms with Gasteiger partial charge in [0, 0.05) is 33.2 Å². The van der Waals surface area contributed by atoms with Crippen LogP contribution < -0.4 is 15.4 Å². The zero-order valence-electron chi connectivity index (χ0n) is 20.1. The number of piperidine rings is 1. The summed E-state index contributed by atoms with van der Waals surface area (Å²) in [7, 11) is 3.61. The first kappa shape index (κ1) is 23.9. The molecule has 0 bridgehead atoms. The number of hydrogen-bond acceptors (Lipinski definition) is 4. The molecule has 1 aromatic carbocycles. The highest BCUT2D eigenvalue weighted by Gasteiger charge is 2.25. The van der Waals surface area contributed by atoms with Crippen molar-refractivity contribution in [2.24, 2.45) is 16.8 Å². The second kappa shape index (κ2) is 12.3. The summed E-state index contributed by atoms with van der Waals surface area (Å²) in [5.41, 5.74) is 1.31. The number of hydrogen-bond donors (Lipinski definition) is 2. The minimum Gasteiger partial charge on any atom is -0.497 e. The Hall–Kier alpha value is -1.79. The number of nitrogens with zero attached hydrogens (tertiary/aromatic N) is 3. The van der Waals surface area contributed by atoms with Gasteiger partial charge in [-0.1, -0.05) is 26.0 Å². The molecule has 2 atom stereocenters. The third-order valence-corrected chi connectivity index (χ3v) is 6.53. The highest BCUT2D eigenvalue weighted by Crippen LogP contribution is 2.27. The Bertz CT molecular complexity index is 686. The van der Waals surface area contributed by atoms with Crippen LogP contribution in [0.2, 0.25) is 0 Å². The SMILES string of the molecule is CN=C(NCC1CCCN(CC(C)C)C1)NCC(c1cccc(OC)c1)N1CCCC1. The van der Waals surface area contributed by atoms with Crippen LogP contribution in [0.25, 0.3) is 0 Å². The molecule has 0 aliphatic carbocycles.